The van der Waals surface area contributed by atoms with E-state index >= 15 is 0 Å². The van der Waals surface area contributed by atoms with Crippen molar-refractivity contribution in [1.29, 1.82) is 0 Å². The molecule has 1 N–H and O–H groups in total. The molecule has 0 bridgehead atoms. The average molecular weight is 257 g/mol. The molecular weight excluding hydrogens is 230 g/mol. The molecule has 0 unspecified atom stereocenters. The Morgan fingerprint density at radius 2 is 2.00 bits per heavy atom. The van der Waals surface area contributed by atoms with Gasteiger partial charge in [0.2, 0.25) is 0 Å². The molecule has 0 radical (unpaired) electrons. The average Bonchev–Trinajstić information content (AvgIpc) is 2.41. The van der Waals surface area contributed by atoms with Crippen LogP contribution in [0, 0.1) is 5.92 Å². The van der Waals surface area contributed by atoms with E-state index < -0.39 is 0 Å². The molecule has 4 nitrogen and oxygen atoms in total. The number of carbonyl (C=O) groups is 1. The molecule has 0 aromatic rings. The van der Waals surface area contributed by atoms with Crippen LogP contribution in [0.5, 0.6) is 0 Å². The number of rotatable bonds is 9. The van der Waals surface area contributed by atoms with E-state index in [-0.39, 0.29) is 5.97 Å². The molecular formula is C14H27NO3. The zero-order valence-corrected chi connectivity index (χ0v) is 11.6. The predicted molar refractivity (Wildman–Crippen MR) is 71.5 cm³/mol. The SMILES string of the molecule is CCCCOCCOC(=O)CCC1CCNCC1. The van der Waals surface area contributed by atoms with Crippen molar-refractivity contribution >= 4 is 5.97 Å². The molecule has 0 aromatic carbocycles. The number of piperidine rings is 1. The highest BCUT2D eigenvalue weighted by molar-refractivity contribution is 5.69. The van der Waals surface area contributed by atoms with Crippen molar-refractivity contribution in [3.05, 3.63) is 0 Å². The highest BCUT2D eigenvalue weighted by Gasteiger charge is 2.14. The molecule has 1 aliphatic rings. The van der Waals surface area contributed by atoms with Crippen LogP contribution >= 0.6 is 0 Å². The van der Waals surface area contributed by atoms with Gasteiger partial charge in [0.05, 0.1) is 6.61 Å². The summed E-state index contributed by atoms with van der Waals surface area (Å²) >= 11 is 0. The molecule has 18 heavy (non-hydrogen) atoms. The van der Waals surface area contributed by atoms with E-state index in [0.717, 1.165) is 39.0 Å². The molecule has 0 atom stereocenters. The van der Waals surface area contributed by atoms with Gasteiger partial charge in [-0.15, -0.1) is 0 Å². The first-order valence-corrected chi connectivity index (χ1v) is 7.27. The minimum atomic E-state index is -0.0763. The van der Waals surface area contributed by atoms with E-state index in [1.165, 1.54) is 12.8 Å². The Kier molecular flexibility index (Phi) is 8.86. The molecule has 0 saturated carbocycles. The number of nitrogens with one attached hydrogen (secondary N) is 1. The quantitative estimate of drug-likeness (QED) is 0.508. The molecule has 106 valence electrons. The van der Waals surface area contributed by atoms with E-state index in [1.807, 2.05) is 0 Å². The third-order valence-corrected chi connectivity index (χ3v) is 3.35. The molecule has 0 amide bonds. The summed E-state index contributed by atoms with van der Waals surface area (Å²) in [6.07, 6.45) is 6.11. The summed E-state index contributed by atoms with van der Waals surface area (Å²) in [7, 11) is 0. The Morgan fingerprint density at radius 3 is 2.72 bits per heavy atom. The molecule has 1 fully saturated rings. The molecule has 4 heteroatoms. The van der Waals surface area contributed by atoms with Crippen LogP contribution in [0.1, 0.15) is 45.4 Å². The maximum absolute atomic E-state index is 11.5. The number of hydrogen-bond acceptors (Lipinski definition) is 4. The van der Waals surface area contributed by atoms with Gasteiger partial charge >= 0.3 is 5.97 Å². The third kappa shape index (κ3) is 7.67. The molecule has 0 aromatic heterocycles. The smallest absolute Gasteiger partial charge is 0.305 e. The van der Waals surface area contributed by atoms with E-state index in [9.17, 15) is 4.79 Å². The number of carbonyl (C=O) groups excluding carboxylic acids is 1. The van der Waals surface area contributed by atoms with Gasteiger partial charge in [-0.05, 0) is 44.7 Å². The second-order valence-electron chi connectivity index (χ2n) is 4.92. The normalized spacial score (nSPS) is 16.7. The topological polar surface area (TPSA) is 47.6 Å². The largest absolute Gasteiger partial charge is 0.463 e. The Balaban J connectivity index is 1.90. The lowest BCUT2D eigenvalue weighted by molar-refractivity contribution is -0.145. The minimum Gasteiger partial charge on any atom is -0.463 e. The molecule has 1 aliphatic heterocycles. The van der Waals surface area contributed by atoms with Gasteiger partial charge in [0.1, 0.15) is 6.61 Å². The monoisotopic (exact) mass is 257 g/mol. The Labute approximate surface area is 110 Å². The fourth-order valence-electron chi connectivity index (χ4n) is 2.13. The first-order chi connectivity index (χ1) is 8.83. The van der Waals surface area contributed by atoms with Gasteiger partial charge in [0, 0.05) is 13.0 Å². The summed E-state index contributed by atoms with van der Waals surface area (Å²) in [5.41, 5.74) is 0. The molecule has 0 aliphatic carbocycles. The van der Waals surface area contributed by atoms with Crippen molar-refractivity contribution in [2.24, 2.45) is 5.92 Å². The molecule has 1 heterocycles. The van der Waals surface area contributed by atoms with Crippen molar-refractivity contribution in [2.75, 3.05) is 32.9 Å². The lowest BCUT2D eigenvalue weighted by atomic mass is 9.93. The van der Waals surface area contributed by atoms with Crippen LogP contribution < -0.4 is 5.32 Å². The molecule has 1 saturated heterocycles. The van der Waals surface area contributed by atoms with Gasteiger partial charge in [-0.25, -0.2) is 0 Å². The van der Waals surface area contributed by atoms with Crippen LogP contribution in [-0.2, 0) is 14.3 Å². The molecule has 1 rings (SSSR count). The Morgan fingerprint density at radius 1 is 1.22 bits per heavy atom. The zero-order chi connectivity index (χ0) is 13.1. The highest BCUT2D eigenvalue weighted by Crippen LogP contribution is 2.17. The zero-order valence-electron chi connectivity index (χ0n) is 11.6. The first-order valence-electron chi connectivity index (χ1n) is 7.27. The maximum atomic E-state index is 11.5. The van der Waals surface area contributed by atoms with Crippen molar-refractivity contribution in [1.82, 2.24) is 5.32 Å². The van der Waals surface area contributed by atoms with Crippen molar-refractivity contribution in [2.45, 2.75) is 45.4 Å². The summed E-state index contributed by atoms with van der Waals surface area (Å²) in [4.78, 5) is 11.5. The van der Waals surface area contributed by atoms with Crippen LogP contribution in [0.3, 0.4) is 0 Å². The fourth-order valence-corrected chi connectivity index (χ4v) is 2.13. The van der Waals surface area contributed by atoms with Crippen molar-refractivity contribution < 1.29 is 14.3 Å². The second-order valence-corrected chi connectivity index (χ2v) is 4.92. The fraction of sp³-hybridized carbons (Fsp3) is 0.929. The van der Waals surface area contributed by atoms with Crippen LogP contribution in [0.25, 0.3) is 0 Å². The summed E-state index contributed by atoms with van der Waals surface area (Å²) in [5.74, 6) is 0.618. The number of esters is 1. The standard InChI is InChI=1S/C14H27NO3/c1-2-3-10-17-11-12-18-14(16)5-4-13-6-8-15-9-7-13/h13,15H,2-12H2,1H3. The maximum Gasteiger partial charge on any atom is 0.305 e. The number of ether oxygens (including phenoxy) is 2. The van der Waals surface area contributed by atoms with Gasteiger partial charge in [0.15, 0.2) is 0 Å². The van der Waals surface area contributed by atoms with Crippen LogP contribution in [0.2, 0.25) is 0 Å². The van der Waals surface area contributed by atoms with E-state index in [0.29, 0.717) is 25.6 Å². The first kappa shape index (κ1) is 15.4. The summed E-state index contributed by atoms with van der Waals surface area (Å²) in [5, 5.41) is 3.33. The van der Waals surface area contributed by atoms with Gasteiger partial charge in [-0.1, -0.05) is 13.3 Å². The predicted octanol–water partition coefficient (Wildman–Crippen LogP) is 2.13. The van der Waals surface area contributed by atoms with E-state index in [1.54, 1.807) is 0 Å². The lowest BCUT2D eigenvalue weighted by Crippen LogP contribution is -2.28. The Bertz CT molecular complexity index is 215. The number of unbranched alkanes of at least 4 members (excludes halogenated alkanes) is 1. The van der Waals surface area contributed by atoms with Gasteiger partial charge in [0.25, 0.3) is 0 Å². The summed E-state index contributed by atoms with van der Waals surface area (Å²) < 4.78 is 10.5. The van der Waals surface area contributed by atoms with E-state index in [4.69, 9.17) is 9.47 Å². The third-order valence-electron chi connectivity index (χ3n) is 3.35. The van der Waals surface area contributed by atoms with Crippen LogP contribution in [0.15, 0.2) is 0 Å². The Hall–Kier alpha value is -0.610. The number of hydrogen-bond donors (Lipinski definition) is 1. The summed E-state index contributed by atoms with van der Waals surface area (Å²) in [6, 6.07) is 0. The van der Waals surface area contributed by atoms with Gasteiger partial charge < -0.3 is 14.8 Å². The second kappa shape index (κ2) is 10.3. The van der Waals surface area contributed by atoms with Gasteiger partial charge in [-0.2, -0.15) is 0 Å². The highest BCUT2D eigenvalue weighted by atomic mass is 16.6. The lowest BCUT2D eigenvalue weighted by Gasteiger charge is -2.21. The minimum absolute atomic E-state index is 0.0763. The van der Waals surface area contributed by atoms with Crippen molar-refractivity contribution in [3.8, 4) is 0 Å². The molecule has 0 spiro atoms. The van der Waals surface area contributed by atoms with Crippen molar-refractivity contribution in [3.63, 3.8) is 0 Å². The van der Waals surface area contributed by atoms with Crippen LogP contribution in [0.4, 0.5) is 0 Å². The van der Waals surface area contributed by atoms with Crippen LogP contribution in [-0.4, -0.2) is 38.9 Å². The van der Waals surface area contributed by atoms with Gasteiger partial charge in [-0.3, -0.25) is 4.79 Å². The summed E-state index contributed by atoms with van der Waals surface area (Å²) in [6.45, 7) is 6.00. The van der Waals surface area contributed by atoms with E-state index in [2.05, 4.69) is 12.2 Å².